The number of aromatic nitrogens is 1. The molecule has 4 fully saturated rings. The molecule has 1 heterocycles. The summed E-state index contributed by atoms with van der Waals surface area (Å²) < 4.78 is 0.530. The molecule has 3 heteroatoms. The number of rotatable bonds is 2. The van der Waals surface area contributed by atoms with Crippen LogP contribution < -0.4 is 5.73 Å². The largest absolute Gasteiger partial charge is 0.384 e. The molecule has 1 aromatic heterocycles. The van der Waals surface area contributed by atoms with E-state index in [1.165, 1.54) is 43.4 Å². The van der Waals surface area contributed by atoms with Gasteiger partial charge in [0.1, 0.15) is 5.82 Å². The van der Waals surface area contributed by atoms with Crippen LogP contribution in [0.3, 0.4) is 0 Å². The maximum atomic E-state index is 5.80. The summed E-state index contributed by atoms with van der Waals surface area (Å²) in [6, 6.07) is 4.17. The molecule has 0 unspecified atom stereocenters. The van der Waals surface area contributed by atoms with Crippen molar-refractivity contribution < 1.29 is 0 Å². The summed E-state index contributed by atoms with van der Waals surface area (Å²) in [6.45, 7) is 0. The first kappa shape index (κ1) is 11.2. The lowest BCUT2D eigenvalue weighted by Gasteiger charge is -2.56. The number of hydrogen-bond acceptors (Lipinski definition) is 3. The summed E-state index contributed by atoms with van der Waals surface area (Å²) in [5.41, 5.74) is 5.80. The molecule has 4 aliphatic carbocycles. The van der Waals surface area contributed by atoms with E-state index < -0.39 is 0 Å². The van der Waals surface area contributed by atoms with Crippen LogP contribution >= 0.6 is 11.8 Å². The highest BCUT2D eigenvalue weighted by atomic mass is 32.2. The van der Waals surface area contributed by atoms with Crippen molar-refractivity contribution in [1.29, 1.82) is 0 Å². The van der Waals surface area contributed by atoms with E-state index in [1.54, 1.807) is 0 Å². The molecule has 0 aromatic carbocycles. The molecule has 2 nitrogen and oxygen atoms in total. The topological polar surface area (TPSA) is 38.9 Å². The second-order valence-corrected chi connectivity index (χ2v) is 8.16. The molecular weight excluding hydrogens is 240 g/mol. The van der Waals surface area contributed by atoms with E-state index in [9.17, 15) is 0 Å². The van der Waals surface area contributed by atoms with Crippen molar-refractivity contribution >= 4 is 17.6 Å². The number of anilines is 1. The zero-order valence-electron chi connectivity index (χ0n) is 10.6. The minimum atomic E-state index is 0.530. The molecule has 0 radical (unpaired) electrons. The summed E-state index contributed by atoms with van der Waals surface area (Å²) in [5, 5.41) is 0. The number of pyridine rings is 1. The lowest BCUT2D eigenvalue weighted by molar-refractivity contribution is 0.0383. The average Bonchev–Trinajstić information content (AvgIpc) is 2.25. The average molecular weight is 260 g/mol. The van der Waals surface area contributed by atoms with Crippen LogP contribution in [0.5, 0.6) is 0 Å². The predicted octanol–water partition coefficient (Wildman–Crippen LogP) is 3.72. The standard InChI is InChI=1S/C15H20N2S/c16-14-6-13(1-2-17-14)18-15-7-10-3-11(8-15)5-12(4-10)9-15/h1-2,6,10-12H,3-5,7-9H2,(H2,16,17). The Morgan fingerprint density at radius 2 is 1.72 bits per heavy atom. The van der Waals surface area contributed by atoms with E-state index in [4.69, 9.17) is 5.73 Å². The van der Waals surface area contributed by atoms with E-state index in [0.29, 0.717) is 10.6 Å². The van der Waals surface area contributed by atoms with Crippen molar-refractivity contribution in [3.63, 3.8) is 0 Å². The van der Waals surface area contributed by atoms with Gasteiger partial charge in [-0.1, -0.05) is 0 Å². The molecule has 0 amide bonds. The normalized spacial score (nSPS) is 41.2. The minimum Gasteiger partial charge on any atom is -0.384 e. The van der Waals surface area contributed by atoms with Gasteiger partial charge in [0, 0.05) is 15.8 Å². The van der Waals surface area contributed by atoms with Gasteiger partial charge in [0.15, 0.2) is 0 Å². The Morgan fingerprint density at radius 3 is 2.28 bits per heavy atom. The van der Waals surface area contributed by atoms with Crippen LogP contribution in [0.4, 0.5) is 5.82 Å². The zero-order valence-corrected chi connectivity index (χ0v) is 11.5. The molecule has 18 heavy (non-hydrogen) atoms. The number of thioether (sulfide) groups is 1. The first-order valence-electron chi connectivity index (χ1n) is 7.11. The van der Waals surface area contributed by atoms with Crippen LogP contribution in [0, 0.1) is 17.8 Å². The highest BCUT2D eigenvalue weighted by Crippen LogP contribution is 2.61. The molecule has 2 N–H and O–H groups in total. The van der Waals surface area contributed by atoms with Gasteiger partial charge in [0.25, 0.3) is 0 Å². The third-order valence-electron chi connectivity index (χ3n) is 5.07. The smallest absolute Gasteiger partial charge is 0.124 e. The maximum Gasteiger partial charge on any atom is 0.124 e. The van der Waals surface area contributed by atoms with E-state index >= 15 is 0 Å². The van der Waals surface area contributed by atoms with Crippen LogP contribution in [-0.4, -0.2) is 9.73 Å². The fourth-order valence-corrected chi connectivity index (χ4v) is 6.66. The summed E-state index contributed by atoms with van der Waals surface area (Å²) >= 11 is 2.10. The maximum absolute atomic E-state index is 5.80. The molecule has 4 aliphatic rings. The minimum absolute atomic E-state index is 0.530. The molecule has 1 aromatic rings. The van der Waals surface area contributed by atoms with E-state index in [0.717, 1.165) is 17.8 Å². The first-order valence-corrected chi connectivity index (χ1v) is 7.93. The van der Waals surface area contributed by atoms with Crippen molar-refractivity contribution in [3.05, 3.63) is 18.3 Å². The van der Waals surface area contributed by atoms with Gasteiger partial charge in [-0.2, -0.15) is 0 Å². The number of nitrogens with zero attached hydrogens (tertiary/aromatic N) is 1. The molecular formula is C15H20N2S. The number of nitrogens with two attached hydrogens (primary N) is 1. The Kier molecular flexibility index (Phi) is 2.41. The third kappa shape index (κ3) is 1.83. The van der Waals surface area contributed by atoms with E-state index in [-0.39, 0.29) is 0 Å². The predicted molar refractivity (Wildman–Crippen MR) is 75.4 cm³/mol. The quantitative estimate of drug-likeness (QED) is 0.880. The van der Waals surface area contributed by atoms with Gasteiger partial charge in [0.2, 0.25) is 0 Å². The molecule has 96 valence electrons. The highest BCUT2D eigenvalue weighted by molar-refractivity contribution is 8.00. The van der Waals surface area contributed by atoms with Gasteiger partial charge in [-0.3, -0.25) is 0 Å². The van der Waals surface area contributed by atoms with Gasteiger partial charge in [-0.15, -0.1) is 11.8 Å². The fourth-order valence-electron chi connectivity index (χ4n) is 4.90. The summed E-state index contributed by atoms with van der Waals surface area (Å²) in [6.07, 6.45) is 10.7. The molecule has 4 saturated carbocycles. The second kappa shape index (κ2) is 3.89. The van der Waals surface area contributed by atoms with Gasteiger partial charge in [-0.25, -0.2) is 4.98 Å². The molecule has 0 saturated heterocycles. The van der Waals surface area contributed by atoms with Gasteiger partial charge < -0.3 is 5.73 Å². The highest BCUT2D eigenvalue weighted by Gasteiger charge is 2.51. The van der Waals surface area contributed by atoms with Gasteiger partial charge >= 0.3 is 0 Å². The second-order valence-electron chi connectivity index (χ2n) is 6.62. The van der Waals surface area contributed by atoms with Crippen LogP contribution in [0.2, 0.25) is 0 Å². The summed E-state index contributed by atoms with van der Waals surface area (Å²) in [5.74, 6) is 3.71. The van der Waals surface area contributed by atoms with Gasteiger partial charge in [-0.05, 0) is 68.4 Å². The molecule has 5 rings (SSSR count). The van der Waals surface area contributed by atoms with E-state index in [1.807, 2.05) is 12.3 Å². The van der Waals surface area contributed by atoms with Crippen molar-refractivity contribution in [2.24, 2.45) is 17.8 Å². The monoisotopic (exact) mass is 260 g/mol. The fraction of sp³-hybridized carbons (Fsp3) is 0.667. The van der Waals surface area contributed by atoms with Crippen molar-refractivity contribution in [1.82, 2.24) is 4.98 Å². The third-order valence-corrected chi connectivity index (χ3v) is 6.49. The van der Waals surface area contributed by atoms with Crippen LogP contribution in [0.1, 0.15) is 38.5 Å². The first-order chi connectivity index (χ1) is 8.71. The number of hydrogen-bond donors (Lipinski definition) is 1. The van der Waals surface area contributed by atoms with Crippen LogP contribution in [-0.2, 0) is 0 Å². The Morgan fingerprint density at radius 1 is 1.11 bits per heavy atom. The molecule has 0 atom stereocenters. The molecule has 0 spiro atoms. The lowest BCUT2D eigenvalue weighted by Crippen LogP contribution is -2.48. The zero-order chi connectivity index (χ0) is 12.2. The van der Waals surface area contributed by atoms with E-state index in [2.05, 4.69) is 22.8 Å². The Hall–Kier alpha value is -0.700. The Balaban J connectivity index is 1.60. The van der Waals surface area contributed by atoms with Crippen molar-refractivity contribution in [2.75, 3.05) is 5.73 Å². The Bertz CT molecular complexity index is 436. The molecule has 0 aliphatic heterocycles. The van der Waals surface area contributed by atoms with Gasteiger partial charge in [0.05, 0.1) is 0 Å². The lowest BCUT2D eigenvalue weighted by atomic mass is 9.56. The van der Waals surface area contributed by atoms with Crippen LogP contribution in [0.25, 0.3) is 0 Å². The molecule has 4 bridgehead atoms. The Labute approximate surface area is 113 Å². The van der Waals surface area contributed by atoms with Crippen molar-refractivity contribution in [2.45, 2.75) is 48.2 Å². The van der Waals surface area contributed by atoms with Crippen molar-refractivity contribution in [3.8, 4) is 0 Å². The SMILES string of the molecule is Nc1cc(SC23CC4CC(CC(C4)C2)C3)ccn1. The van der Waals surface area contributed by atoms with Crippen LogP contribution in [0.15, 0.2) is 23.2 Å². The number of nitrogen functional groups attached to an aromatic ring is 1. The summed E-state index contributed by atoms with van der Waals surface area (Å²) in [4.78, 5) is 5.42. The summed E-state index contributed by atoms with van der Waals surface area (Å²) in [7, 11) is 0.